The number of nitrogens with two attached hydrogens (primary N) is 1. The molecule has 0 aliphatic heterocycles. The number of fused-ring (bicyclic) bond motifs is 1. The third kappa shape index (κ3) is 1.02. The van der Waals surface area contributed by atoms with Gasteiger partial charge in [0, 0.05) is 5.69 Å². The van der Waals surface area contributed by atoms with Crippen LogP contribution in [0.25, 0.3) is 11.0 Å². The Morgan fingerprint density at radius 1 is 1.50 bits per heavy atom. The van der Waals surface area contributed by atoms with Gasteiger partial charge in [-0.1, -0.05) is 11.6 Å². The number of hydrogen-bond acceptors (Lipinski definition) is 2. The molecule has 1 heterocycles. The second-order valence-electron chi connectivity index (χ2n) is 2.72. The van der Waals surface area contributed by atoms with Gasteiger partial charge >= 0.3 is 0 Å². The average molecular weight is 182 g/mol. The van der Waals surface area contributed by atoms with Crippen molar-refractivity contribution in [2.45, 2.75) is 6.92 Å². The fourth-order valence-electron chi connectivity index (χ4n) is 1.22. The van der Waals surface area contributed by atoms with Crippen molar-refractivity contribution in [1.82, 2.24) is 9.97 Å². The van der Waals surface area contributed by atoms with Gasteiger partial charge in [-0.25, -0.2) is 4.98 Å². The lowest BCUT2D eigenvalue weighted by Crippen LogP contribution is -1.84. The minimum atomic E-state index is 0.592. The first-order valence-corrected chi connectivity index (χ1v) is 3.96. The van der Waals surface area contributed by atoms with E-state index in [1.165, 1.54) is 0 Å². The highest BCUT2D eigenvalue weighted by Crippen LogP contribution is 2.24. The Labute approximate surface area is 74.5 Å². The number of aromatic amines is 1. The molecule has 4 heteroatoms. The van der Waals surface area contributed by atoms with Crippen LogP contribution >= 0.6 is 11.6 Å². The van der Waals surface area contributed by atoms with Crippen LogP contribution in [0, 0.1) is 6.92 Å². The van der Waals surface area contributed by atoms with Crippen LogP contribution in [0.5, 0.6) is 0 Å². The van der Waals surface area contributed by atoms with Crippen LogP contribution in [0.15, 0.2) is 12.1 Å². The van der Waals surface area contributed by atoms with Crippen molar-refractivity contribution in [3.63, 3.8) is 0 Å². The van der Waals surface area contributed by atoms with Crippen LogP contribution in [-0.2, 0) is 0 Å². The number of rotatable bonds is 0. The summed E-state index contributed by atoms with van der Waals surface area (Å²) in [6.45, 7) is 1.88. The fraction of sp³-hybridized carbons (Fsp3) is 0.125. The van der Waals surface area contributed by atoms with Gasteiger partial charge in [0.15, 0.2) is 0 Å². The van der Waals surface area contributed by atoms with E-state index in [1.54, 1.807) is 6.07 Å². The number of nitrogens with zero attached hydrogens (tertiary/aromatic N) is 1. The second-order valence-corrected chi connectivity index (χ2v) is 3.13. The predicted molar refractivity (Wildman–Crippen MR) is 50.3 cm³/mol. The Morgan fingerprint density at radius 2 is 2.25 bits per heavy atom. The fourth-order valence-corrected chi connectivity index (χ4v) is 1.49. The summed E-state index contributed by atoms with van der Waals surface area (Å²) >= 11 is 5.91. The van der Waals surface area contributed by atoms with Crippen molar-refractivity contribution in [2.24, 2.45) is 0 Å². The van der Waals surface area contributed by atoms with Gasteiger partial charge in [0.05, 0.1) is 10.5 Å². The van der Waals surface area contributed by atoms with E-state index < -0.39 is 0 Å². The third-order valence-electron chi connectivity index (χ3n) is 1.68. The number of nitrogens with one attached hydrogen (secondary N) is 1. The quantitative estimate of drug-likeness (QED) is 0.612. The van der Waals surface area contributed by atoms with Crippen molar-refractivity contribution in [2.75, 3.05) is 5.73 Å². The monoisotopic (exact) mass is 181 g/mol. The molecule has 1 aromatic heterocycles. The largest absolute Gasteiger partial charge is 0.399 e. The molecule has 0 aliphatic carbocycles. The average Bonchev–Trinajstić information content (AvgIpc) is 2.29. The lowest BCUT2D eigenvalue weighted by Gasteiger charge is -1.94. The summed E-state index contributed by atoms with van der Waals surface area (Å²) < 4.78 is 0. The SMILES string of the molecule is Cc1nc2c(Cl)cc(N)cc2[nH]1. The molecular weight excluding hydrogens is 174 g/mol. The second kappa shape index (κ2) is 2.38. The van der Waals surface area contributed by atoms with E-state index in [9.17, 15) is 0 Å². The molecule has 0 radical (unpaired) electrons. The number of H-pyrrole nitrogens is 1. The van der Waals surface area contributed by atoms with Gasteiger partial charge in [-0.15, -0.1) is 0 Å². The molecule has 12 heavy (non-hydrogen) atoms. The first-order valence-electron chi connectivity index (χ1n) is 3.58. The first-order chi connectivity index (χ1) is 5.66. The molecule has 0 fully saturated rings. The van der Waals surface area contributed by atoms with E-state index >= 15 is 0 Å². The lowest BCUT2D eigenvalue weighted by molar-refractivity contribution is 1.17. The minimum Gasteiger partial charge on any atom is -0.399 e. The molecule has 0 amide bonds. The molecule has 3 N–H and O–H groups in total. The molecule has 0 atom stereocenters. The van der Waals surface area contributed by atoms with Crippen molar-refractivity contribution in [3.05, 3.63) is 23.0 Å². The smallest absolute Gasteiger partial charge is 0.107 e. The number of nitrogen functional groups attached to an aromatic ring is 1. The Balaban J connectivity index is 2.88. The summed E-state index contributed by atoms with van der Waals surface area (Å²) in [6.07, 6.45) is 0. The molecule has 2 aromatic rings. The van der Waals surface area contributed by atoms with Gasteiger partial charge in [-0.05, 0) is 19.1 Å². The number of aryl methyl sites for hydroxylation is 1. The molecular formula is C8H8ClN3. The first kappa shape index (κ1) is 7.43. The molecule has 0 spiro atoms. The predicted octanol–water partition coefficient (Wildman–Crippen LogP) is 2.11. The Morgan fingerprint density at radius 3 is 3.00 bits per heavy atom. The standard InChI is InChI=1S/C8H8ClN3/c1-4-11-7-3-5(10)2-6(9)8(7)12-4/h2-3H,10H2,1H3,(H,11,12). The third-order valence-corrected chi connectivity index (χ3v) is 1.97. The molecule has 0 saturated heterocycles. The zero-order valence-electron chi connectivity index (χ0n) is 6.56. The lowest BCUT2D eigenvalue weighted by atomic mass is 10.3. The van der Waals surface area contributed by atoms with Crippen LogP contribution in [0.1, 0.15) is 5.82 Å². The van der Waals surface area contributed by atoms with Crippen LogP contribution in [0.4, 0.5) is 5.69 Å². The Bertz CT molecular complexity index is 433. The molecule has 0 bridgehead atoms. The van der Waals surface area contributed by atoms with E-state index in [2.05, 4.69) is 9.97 Å². The van der Waals surface area contributed by atoms with Gasteiger partial charge in [0.1, 0.15) is 11.3 Å². The van der Waals surface area contributed by atoms with E-state index in [1.807, 2.05) is 13.0 Å². The molecule has 0 aliphatic rings. The highest BCUT2D eigenvalue weighted by Gasteiger charge is 2.04. The summed E-state index contributed by atoms with van der Waals surface area (Å²) in [4.78, 5) is 7.28. The van der Waals surface area contributed by atoms with Crippen LogP contribution in [-0.4, -0.2) is 9.97 Å². The molecule has 2 rings (SSSR count). The number of aromatic nitrogens is 2. The zero-order chi connectivity index (χ0) is 8.72. The number of imidazole rings is 1. The summed E-state index contributed by atoms with van der Waals surface area (Å²) in [5.41, 5.74) is 7.92. The number of halogens is 1. The van der Waals surface area contributed by atoms with Gasteiger partial charge in [-0.3, -0.25) is 0 Å². The number of hydrogen-bond donors (Lipinski definition) is 2. The molecule has 1 aromatic carbocycles. The van der Waals surface area contributed by atoms with Crippen LogP contribution in [0.2, 0.25) is 5.02 Å². The summed E-state index contributed by atoms with van der Waals surface area (Å²) in [7, 11) is 0. The minimum absolute atomic E-state index is 0.592. The highest BCUT2D eigenvalue weighted by atomic mass is 35.5. The van der Waals surface area contributed by atoms with Gasteiger partial charge in [0.25, 0.3) is 0 Å². The maximum atomic E-state index is 5.91. The van der Waals surface area contributed by atoms with E-state index in [4.69, 9.17) is 17.3 Å². The number of benzene rings is 1. The summed E-state index contributed by atoms with van der Waals surface area (Å²) in [6, 6.07) is 3.52. The van der Waals surface area contributed by atoms with Crippen molar-refractivity contribution in [1.29, 1.82) is 0 Å². The van der Waals surface area contributed by atoms with E-state index in [-0.39, 0.29) is 0 Å². The highest BCUT2D eigenvalue weighted by molar-refractivity contribution is 6.35. The summed E-state index contributed by atoms with van der Waals surface area (Å²) in [5, 5.41) is 0.592. The van der Waals surface area contributed by atoms with E-state index in [0.29, 0.717) is 10.7 Å². The summed E-state index contributed by atoms with van der Waals surface area (Å²) in [5.74, 6) is 0.845. The van der Waals surface area contributed by atoms with Crippen molar-refractivity contribution in [3.8, 4) is 0 Å². The molecule has 3 nitrogen and oxygen atoms in total. The number of anilines is 1. The van der Waals surface area contributed by atoms with Gasteiger partial charge < -0.3 is 10.7 Å². The molecule has 0 saturated carbocycles. The molecule has 62 valence electrons. The van der Waals surface area contributed by atoms with Crippen molar-refractivity contribution >= 4 is 28.3 Å². The normalized spacial score (nSPS) is 10.8. The molecule has 0 unspecified atom stereocenters. The van der Waals surface area contributed by atoms with Gasteiger partial charge in [-0.2, -0.15) is 0 Å². The zero-order valence-corrected chi connectivity index (χ0v) is 7.31. The van der Waals surface area contributed by atoms with E-state index in [0.717, 1.165) is 16.9 Å². The maximum Gasteiger partial charge on any atom is 0.107 e. The topological polar surface area (TPSA) is 54.7 Å². The maximum absolute atomic E-state index is 5.91. The Kier molecular flexibility index (Phi) is 1.48. The Hall–Kier alpha value is -1.22. The van der Waals surface area contributed by atoms with Crippen LogP contribution < -0.4 is 5.73 Å². The van der Waals surface area contributed by atoms with Gasteiger partial charge in [0.2, 0.25) is 0 Å². The van der Waals surface area contributed by atoms with Crippen molar-refractivity contribution < 1.29 is 0 Å². The van der Waals surface area contributed by atoms with Crippen LogP contribution in [0.3, 0.4) is 0 Å².